The summed E-state index contributed by atoms with van der Waals surface area (Å²) in [6.07, 6.45) is 0. The van der Waals surface area contributed by atoms with Crippen LogP contribution < -0.4 is 14.8 Å². The van der Waals surface area contributed by atoms with E-state index in [1.165, 1.54) is 0 Å². The lowest BCUT2D eigenvalue weighted by molar-refractivity contribution is -0.124. The maximum atomic E-state index is 12.3. The number of benzene rings is 2. The third-order valence-corrected chi connectivity index (χ3v) is 4.11. The first kappa shape index (κ1) is 17.8. The molecule has 26 heavy (non-hydrogen) atoms. The third-order valence-electron chi connectivity index (χ3n) is 4.11. The minimum atomic E-state index is -0.214. The minimum Gasteiger partial charge on any atom is -0.497 e. The molecule has 3 rings (SSSR count). The lowest BCUT2D eigenvalue weighted by Crippen LogP contribution is -2.35. The number of hydrogen-bond acceptors (Lipinski definition) is 4. The van der Waals surface area contributed by atoms with Crippen molar-refractivity contribution < 1.29 is 14.3 Å². The van der Waals surface area contributed by atoms with Gasteiger partial charge in [-0.25, -0.2) is 4.98 Å². The Labute approximate surface area is 152 Å². The molecule has 0 aliphatic heterocycles. The van der Waals surface area contributed by atoms with Gasteiger partial charge in [0, 0.05) is 0 Å². The fourth-order valence-electron chi connectivity index (χ4n) is 2.71. The Morgan fingerprint density at radius 2 is 1.81 bits per heavy atom. The van der Waals surface area contributed by atoms with Crippen LogP contribution in [0.2, 0.25) is 0 Å². The minimum absolute atomic E-state index is 0.0597. The Morgan fingerprint density at radius 1 is 1.12 bits per heavy atom. The summed E-state index contributed by atoms with van der Waals surface area (Å²) >= 11 is 0. The molecular weight excluding hydrogens is 330 g/mol. The monoisotopic (exact) mass is 353 g/mol. The molecule has 0 bridgehead atoms. The van der Waals surface area contributed by atoms with Gasteiger partial charge in [-0.15, -0.1) is 0 Å². The zero-order chi connectivity index (χ0) is 18.5. The lowest BCUT2D eigenvalue weighted by Gasteiger charge is -2.20. The number of rotatable bonds is 7. The van der Waals surface area contributed by atoms with E-state index >= 15 is 0 Å². The average Bonchev–Trinajstić information content (AvgIpc) is 3.08. The summed E-state index contributed by atoms with van der Waals surface area (Å²) in [5.74, 6) is 2.09. The molecule has 3 aromatic rings. The third kappa shape index (κ3) is 4.14. The van der Waals surface area contributed by atoms with Crippen LogP contribution >= 0.6 is 0 Å². The molecule has 136 valence electrons. The van der Waals surface area contributed by atoms with E-state index in [1.54, 1.807) is 31.4 Å². The van der Waals surface area contributed by atoms with Gasteiger partial charge in [-0.2, -0.15) is 0 Å². The topological polar surface area (TPSA) is 76.2 Å². The van der Waals surface area contributed by atoms with Gasteiger partial charge in [0.1, 0.15) is 17.3 Å². The van der Waals surface area contributed by atoms with Crippen molar-refractivity contribution in [2.24, 2.45) is 5.92 Å². The zero-order valence-corrected chi connectivity index (χ0v) is 15.2. The molecule has 1 unspecified atom stereocenters. The molecule has 6 heteroatoms. The molecule has 2 aromatic carbocycles. The molecule has 1 amide bonds. The van der Waals surface area contributed by atoms with E-state index in [-0.39, 0.29) is 24.5 Å². The summed E-state index contributed by atoms with van der Waals surface area (Å²) in [6.45, 7) is 4.03. The number of ether oxygens (including phenoxy) is 2. The smallest absolute Gasteiger partial charge is 0.258 e. The van der Waals surface area contributed by atoms with Gasteiger partial charge in [0.25, 0.3) is 5.91 Å². The van der Waals surface area contributed by atoms with Crippen LogP contribution in [0.5, 0.6) is 11.5 Å². The fraction of sp³-hybridized carbons (Fsp3) is 0.300. The van der Waals surface area contributed by atoms with Crippen LogP contribution in [0.1, 0.15) is 25.7 Å². The van der Waals surface area contributed by atoms with Crippen LogP contribution in [0.3, 0.4) is 0 Å². The molecule has 1 aromatic heterocycles. The summed E-state index contributed by atoms with van der Waals surface area (Å²) in [5.41, 5.74) is 1.84. The van der Waals surface area contributed by atoms with E-state index in [2.05, 4.69) is 15.3 Å². The second-order valence-corrected chi connectivity index (χ2v) is 6.39. The number of nitrogens with one attached hydrogen (secondary N) is 2. The molecule has 0 fully saturated rings. The lowest BCUT2D eigenvalue weighted by atomic mass is 10.0. The van der Waals surface area contributed by atoms with Crippen molar-refractivity contribution in [3.05, 3.63) is 54.4 Å². The van der Waals surface area contributed by atoms with Gasteiger partial charge in [-0.05, 0) is 42.3 Å². The molecule has 6 nitrogen and oxygen atoms in total. The standard InChI is InChI=1S/C20H23N3O3/c1-13(2)19(20-21-16-6-4-5-7-17(16)22-20)23-18(24)12-26-15-10-8-14(25-3)9-11-15/h4-11,13,19H,12H2,1-3H3,(H,21,22)(H,23,24). The molecular formula is C20H23N3O3. The van der Waals surface area contributed by atoms with Crippen LogP contribution in [0.15, 0.2) is 48.5 Å². The average molecular weight is 353 g/mol. The largest absolute Gasteiger partial charge is 0.497 e. The van der Waals surface area contributed by atoms with Gasteiger partial charge in [-0.1, -0.05) is 26.0 Å². The number of carbonyl (C=O) groups excluding carboxylic acids is 1. The molecule has 0 radical (unpaired) electrons. The van der Waals surface area contributed by atoms with E-state index in [0.717, 1.165) is 22.6 Å². The number of hydrogen-bond donors (Lipinski definition) is 2. The first-order valence-corrected chi connectivity index (χ1v) is 8.57. The number of amides is 1. The van der Waals surface area contributed by atoms with Gasteiger partial charge in [0.05, 0.1) is 24.2 Å². The number of aromatic nitrogens is 2. The fourth-order valence-corrected chi connectivity index (χ4v) is 2.71. The predicted molar refractivity (Wildman–Crippen MR) is 100 cm³/mol. The number of nitrogens with zero attached hydrogens (tertiary/aromatic N) is 1. The van der Waals surface area contributed by atoms with E-state index in [4.69, 9.17) is 9.47 Å². The summed E-state index contributed by atoms with van der Waals surface area (Å²) < 4.78 is 10.6. The van der Waals surface area contributed by atoms with Crippen LogP contribution in [-0.4, -0.2) is 29.6 Å². The van der Waals surface area contributed by atoms with Gasteiger partial charge < -0.3 is 19.8 Å². The second kappa shape index (κ2) is 7.91. The van der Waals surface area contributed by atoms with E-state index in [0.29, 0.717) is 5.75 Å². The normalized spacial score (nSPS) is 12.2. The summed E-state index contributed by atoms with van der Waals surface area (Å²) in [5, 5.41) is 3.00. The van der Waals surface area contributed by atoms with Crippen LogP contribution in [0.25, 0.3) is 11.0 Å². The highest BCUT2D eigenvalue weighted by Crippen LogP contribution is 2.22. The quantitative estimate of drug-likeness (QED) is 0.682. The summed E-state index contributed by atoms with van der Waals surface area (Å²) in [6, 6.07) is 14.7. The van der Waals surface area contributed by atoms with Crippen molar-refractivity contribution in [3.8, 4) is 11.5 Å². The maximum Gasteiger partial charge on any atom is 0.258 e. The Kier molecular flexibility index (Phi) is 5.41. The molecule has 0 saturated heterocycles. The second-order valence-electron chi connectivity index (χ2n) is 6.39. The molecule has 0 saturated carbocycles. The van der Waals surface area contributed by atoms with Gasteiger partial charge >= 0.3 is 0 Å². The summed E-state index contributed by atoms with van der Waals surface area (Å²) in [4.78, 5) is 20.2. The van der Waals surface area contributed by atoms with E-state index in [9.17, 15) is 4.79 Å². The highest BCUT2D eigenvalue weighted by atomic mass is 16.5. The SMILES string of the molecule is COc1ccc(OCC(=O)NC(c2nc3ccccc3[nH]2)C(C)C)cc1. The first-order chi connectivity index (χ1) is 12.6. The molecule has 0 aliphatic rings. The number of carbonyl (C=O) groups is 1. The highest BCUT2D eigenvalue weighted by molar-refractivity contribution is 5.78. The van der Waals surface area contributed by atoms with Crippen molar-refractivity contribution in [1.29, 1.82) is 0 Å². The number of methoxy groups -OCH3 is 1. The molecule has 1 atom stereocenters. The number of fused-ring (bicyclic) bond motifs is 1. The summed E-state index contributed by atoms with van der Waals surface area (Å²) in [7, 11) is 1.60. The Balaban J connectivity index is 1.64. The Bertz CT molecular complexity index is 838. The van der Waals surface area contributed by atoms with Gasteiger partial charge in [-0.3, -0.25) is 4.79 Å². The number of H-pyrrole nitrogens is 1. The Hall–Kier alpha value is -3.02. The Morgan fingerprint density at radius 3 is 2.46 bits per heavy atom. The van der Waals surface area contributed by atoms with Crippen LogP contribution in [-0.2, 0) is 4.79 Å². The highest BCUT2D eigenvalue weighted by Gasteiger charge is 2.22. The molecule has 0 spiro atoms. The van der Waals surface area contributed by atoms with Crippen molar-refractivity contribution in [3.63, 3.8) is 0 Å². The number of para-hydroxylation sites is 2. The number of aromatic amines is 1. The van der Waals surface area contributed by atoms with E-state index < -0.39 is 0 Å². The van der Waals surface area contributed by atoms with Crippen molar-refractivity contribution in [1.82, 2.24) is 15.3 Å². The van der Waals surface area contributed by atoms with Crippen molar-refractivity contribution in [2.75, 3.05) is 13.7 Å². The zero-order valence-electron chi connectivity index (χ0n) is 15.2. The maximum absolute atomic E-state index is 12.3. The van der Waals surface area contributed by atoms with E-state index in [1.807, 2.05) is 38.1 Å². The molecule has 1 heterocycles. The van der Waals surface area contributed by atoms with Gasteiger partial charge in [0.15, 0.2) is 6.61 Å². The van der Waals surface area contributed by atoms with Crippen molar-refractivity contribution in [2.45, 2.75) is 19.9 Å². The number of imidazole rings is 1. The van der Waals surface area contributed by atoms with Crippen LogP contribution in [0, 0.1) is 5.92 Å². The van der Waals surface area contributed by atoms with Gasteiger partial charge in [0.2, 0.25) is 0 Å². The predicted octanol–water partition coefficient (Wildman–Crippen LogP) is 3.46. The van der Waals surface area contributed by atoms with Crippen LogP contribution in [0.4, 0.5) is 0 Å². The van der Waals surface area contributed by atoms with Crippen molar-refractivity contribution >= 4 is 16.9 Å². The first-order valence-electron chi connectivity index (χ1n) is 8.57. The molecule has 2 N–H and O–H groups in total. The molecule has 0 aliphatic carbocycles.